The quantitative estimate of drug-likeness (QED) is 0.857. The normalized spacial score (nSPS) is 12.2. The maximum Gasteiger partial charge on any atom is 0.124 e. The molecule has 0 amide bonds. The SMILES string of the molecule is CCc1nn(C)cc1NCC(O)c1cc(C)ccc1OC. The Hall–Kier alpha value is -2.01. The van der Waals surface area contributed by atoms with Crippen LogP contribution in [0, 0.1) is 6.92 Å². The first-order valence-corrected chi connectivity index (χ1v) is 7.14. The van der Waals surface area contributed by atoms with Gasteiger partial charge in [-0.25, -0.2) is 0 Å². The molecule has 5 nitrogen and oxygen atoms in total. The van der Waals surface area contributed by atoms with E-state index in [2.05, 4.69) is 17.3 Å². The first-order chi connectivity index (χ1) is 10.0. The number of hydrogen-bond donors (Lipinski definition) is 2. The Morgan fingerprint density at radius 3 is 2.86 bits per heavy atom. The van der Waals surface area contributed by atoms with Crippen LogP contribution in [0.5, 0.6) is 5.75 Å². The second-order valence-corrected chi connectivity index (χ2v) is 5.16. The monoisotopic (exact) mass is 289 g/mol. The highest BCUT2D eigenvalue weighted by Gasteiger charge is 2.14. The molecular weight excluding hydrogens is 266 g/mol. The fourth-order valence-electron chi connectivity index (χ4n) is 2.37. The Morgan fingerprint density at radius 1 is 1.43 bits per heavy atom. The van der Waals surface area contributed by atoms with Crippen molar-refractivity contribution < 1.29 is 9.84 Å². The number of aliphatic hydroxyl groups is 1. The van der Waals surface area contributed by atoms with E-state index < -0.39 is 6.10 Å². The van der Waals surface area contributed by atoms with Crippen LogP contribution in [0.15, 0.2) is 24.4 Å². The van der Waals surface area contributed by atoms with Gasteiger partial charge in [-0.05, 0) is 25.5 Å². The predicted molar refractivity (Wildman–Crippen MR) is 83.8 cm³/mol. The van der Waals surface area contributed by atoms with Crippen molar-refractivity contribution in [1.29, 1.82) is 0 Å². The molecule has 0 saturated carbocycles. The van der Waals surface area contributed by atoms with Gasteiger partial charge in [0, 0.05) is 25.4 Å². The molecule has 0 fully saturated rings. The summed E-state index contributed by atoms with van der Waals surface area (Å²) in [6.45, 7) is 4.48. The molecular formula is C16H23N3O2. The first-order valence-electron chi connectivity index (χ1n) is 7.14. The van der Waals surface area contributed by atoms with Gasteiger partial charge < -0.3 is 15.2 Å². The highest BCUT2D eigenvalue weighted by Crippen LogP contribution is 2.27. The van der Waals surface area contributed by atoms with Crippen LogP contribution >= 0.6 is 0 Å². The fourth-order valence-corrected chi connectivity index (χ4v) is 2.37. The van der Waals surface area contributed by atoms with Gasteiger partial charge in [0.25, 0.3) is 0 Å². The number of hydrogen-bond acceptors (Lipinski definition) is 4. The van der Waals surface area contributed by atoms with Crippen LogP contribution in [0.2, 0.25) is 0 Å². The first kappa shape index (κ1) is 15.4. The van der Waals surface area contributed by atoms with E-state index in [0.717, 1.165) is 28.9 Å². The van der Waals surface area contributed by atoms with Crippen molar-refractivity contribution in [2.45, 2.75) is 26.4 Å². The van der Waals surface area contributed by atoms with Crippen LogP contribution in [0.4, 0.5) is 5.69 Å². The minimum Gasteiger partial charge on any atom is -0.496 e. The number of rotatable bonds is 6. The Balaban J connectivity index is 2.11. The lowest BCUT2D eigenvalue weighted by Crippen LogP contribution is -2.13. The number of nitrogens with zero attached hydrogens (tertiary/aromatic N) is 2. The third kappa shape index (κ3) is 3.55. The lowest BCUT2D eigenvalue weighted by molar-refractivity contribution is 0.187. The Bertz CT molecular complexity index is 608. The molecule has 21 heavy (non-hydrogen) atoms. The molecule has 0 saturated heterocycles. The zero-order valence-electron chi connectivity index (χ0n) is 13.1. The van der Waals surface area contributed by atoms with Gasteiger partial charge in [-0.2, -0.15) is 5.10 Å². The van der Waals surface area contributed by atoms with E-state index in [1.54, 1.807) is 11.8 Å². The maximum absolute atomic E-state index is 10.4. The molecule has 1 atom stereocenters. The van der Waals surface area contributed by atoms with E-state index in [4.69, 9.17) is 4.74 Å². The summed E-state index contributed by atoms with van der Waals surface area (Å²) in [7, 11) is 3.51. The lowest BCUT2D eigenvalue weighted by Gasteiger charge is -2.16. The van der Waals surface area contributed by atoms with Crippen molar-refractivity contribution in [3.8, 4) is 5.75 Å². The summed E-state index contributed by atoms with van der Waals surface area (Å²) >= 11 is 0. The summed E-state index contributed by atoms with van der Waals surface area (Å²) in [5, 5.41) is 18.1. The van der Waals surface area contributed by atoms with Crippen LogP contribution in [-0.4, -0.2) is 28.5 Å². The van der Waals surface area contributed by atoms with Crippen molar-refractivity contribution in [2.24, 2.45) is 7.05 Å². The Kier molecular flexibility index (Phi) is 4.85. The summed E-state index contributed by atoms with van der Waals surface area (Å²) in [5.74, 6) is 0.705. The number of aromatic nitrogens is 2. The van der Waals surface area contributed by atoms with E-state index >= 15 is 0 Å². The molecule has 2 N–H and O–H groups in total. The molecule has 0 aliphatic carbocycles. The van der Waals surface area contributed by atoms with E-state index in [9.17, 15) is 5.11 Å². The van der Waals surface area contributed by atoms with E-state index in [1.807, 2.05) is 38.4 Å². The molecule has 0 aliphatic heterocycles. The molecule has 1 heterocycles. The molecule has 1 aromatic carbocycles. The molecule has 1 aromatic heterocycles. The molecule has 2 rings (SSSR count). The standard InChI is InChI=1S/C16H23N3O2/c1-5-13-14(10-19(3)18-13)17-9-15(20)12-8-11(2)6-7-16(12)21-4/h6-8,10,15,17,20H,5,9H2,1-4H3. The van der Waals surface area contributed by atoms with Crippen molar-refractivity contribution >= 4 is 5.69 Å². The zero-order chi connectivity index (χ0) is 15.4. The second-order valence-electron chi connectivity index (χ2n) is 5.16. The van der Waals surface area contributed by atoms with Crippen LogP contribution in [0.1, 0.15) is 29.8 Å². The smallest absolute Gasteiger partial charge is 0.124 e. The van der Waals surface area contributed by atoms with Crippen molar-refractivity contribution in [1.82, 2.24) is 9.78 Å². The average molecular weight is 289 g/mol. The third-order valence-corrected chi connectivity index (χ3v) is 3.47. The lowest BCUT2D eigenvalue weighted by atomic mass is 10.0. The zero-order valence-corrected chi connectivity index (χ0v) is 13.1. The summed E-state index contributed by atoms with van der Waals surface area (Å²) < 4.78 is 7.10. The Labute approximate surface area is 125 Å². The van der Waals surface area contributed by atoms with Crippen molar-refractivity contribution in [3.05, 3.63) is 41.2 Å². The number of aliphatic hydroxyl groups excluding tert-OH is 1. The summed E-state index contributed by atoms with van der Waals surface area (Å²) in [6, 6.07) is 5.81. The highest BCUT2D eigenvalue weighted by atomic mass is 16.5. The van der Waals surface area contributed by atoms with E-state index in [0.29, 0.717) is 12.3 Å². The fraction of sp³-hybridized carbons (Fsp3) is 0.438. The van der Waals surface area contributed by atoms with Gasteiger partial charge in [0.1, 0.15) is 5.75 Å². The maximum atomic E-state index is 10.4. The minimum atomic E-state index is -0.634. The number of benzene rings is 1. The van der Waals surface area contributed by atoms with Crippen LogP contribution in [0.3, 0.4) is 0 Å². The van der Waals surface area contributed by atoms with Gasteiger partial charge >= 0.3 is 0 Å². The molecule has 0 bridgehead atoms. The van der Waals surface area contributed by atoms with Crippen LogP contribution in [-0.2, 0) is 13.5 Å². The van der Waals surface area contributed by atoms with Crippen LogP contribution < -0.4 is 10.1 Å². The minimum absolute atomic E-state index is 0.415. The summed E-state index contributed by atoms with van der Waals surface area (Å²) in [4.78, 5) is 0. The largest absolute Gasteiger partial charge is 0.496 e. The van der Waals surface area contributed by atoms with Crippen molar-refractivity contribution in [2.75, 3.05) is 19.0 Å². The van der Waals surface area contributed by atoms with Gasteiger partial charge in [-0.3, -0.25) is 4.68 Å². The van der Waals surface area contributed by atoms with Gasteiger partial charge in [0.15, 0.2) is 0 Å². The number of ether oxygens (including phenoxy) is 1. The van der Waals surface area contributed by atoms with Gasteiger partial charge in [0.2, 0.25) is 0 Å². The number of nitrogens with one attached hydrogen (secondary N) is 1. The van der Waals surface area contributed by atoms with Gasteiger partial charge in [-0.15, -0.1) is 0 Å². The third-order valence-electron chi connectivity index (χ3n) is 3.47. The summed E-state index contributed by atoms with van der Waals surface area (Å²) in [5.41, 5.74) is 3.86. The molecule has 5 heteroatoms. The van der Waals surface area contributed by atoms with Gasteiger partial charge in [-0.1, -0.05) is 18.6 Å². The topological polar surface area (TPSA) is 59.3 Å². The molecule has 0 spiro atoms. The number of methoxy groups -OCH3 is 1. The molecule has 0 aliphatic rings. The predicted octanol–water partition coefficient (Wildman–Crippen LogP) is 2.45. The molecule has 0 radical (unpaired) electrons. The summed E-state index contributed by atoms with van der Waals surface area (Å²) in [6.07, 6.45) is 2.15. The van der Waals surface area contributed by atoms with Crippen LogP contribution in [0.25, 0.3) is 0 Å². The molecule has 2 aromatic rings. The highest BCUT2D eigenvalue weighted by molar-refractivity contribution is 5.47. The van der Waals surface area contributed by atoms with E-state index in [1.165, 1.54) is 0 Å². The second kappa shape index (κ2) is 6.63. The molecule has 114 valence electrons. The molecule has 1 unspecified atom stereocenters. The Morgan fingerprint density at radius 2 is 2.19 bits per heavy atom. The number of aryl methyl sites for hydroxylation is 3. The van der Waals surface area contributed by atoms with Crippen molar-refractivity contribution in [3.63, 3.8) is 0 Å². The van der Waals surface area contributed by atoms with E-state index in [-0.39, 0.29) is 0 Å². The average Bonchev–Trinajstić information content (AvgIpc) is 2.84. The van der Waals surface area contributed by atoms with Gasteiger partial charge in [0.05, 0.1) is 24.6 Å². The number of anilines is 1.